The molecule has 4 bridgehead atoms. The molecule has 0 saturated heterocycles. The van der Waals surface area contributed by atoms with Crippen LogP contribution in [0.5, 0.6) is 17.5 Å². The van der Waals surface area contributed by atoms with Crippen molar-refractivity contribution in [2.75, 3.05) is 18.5 Å². The summed E-state index contributed by atoms with van der Waals surface area (Å²) in [6, 6.07) is 3.65. The summed E-state index contributed by atoms with van der Waals surface area (Å²) in [5, 5.41) is 12.1. The number of nitrogens with one attached hydrogen (secondary N) is 1. The van der Waals surface area contributed by atoms with Gasteiger partial charge >= 0.3 is 0 Å². The van der Waals surface area contributed by atoms with Gasteiger partial charge in [0.05, 0.1) is 31.1 Å². The molecule has 1 atom stereocenters. The van der Waals surface area contributed by atoms with Crippen molar-refractivity contribution in [1.29, 1.82) is 0 Å². The molecule has 4 aromatic heterocycles. The molecule has 0 amide bonds. The Morgan fingerprint density at radius 1 is 1.14 bits per heavy atom. The number of hydrogen-bond donors (Lipinski definition) is 1. The van der Waals surface area contributed by atoms with Crippen molar-refractivity contribution in [3.63, 3.8) is 0 Å². The summed E-state index contributed by atoms with van der Waals surface area (Å²) in [5.41, 5.74) is 2.34. The van der Waals surface area contributed by atoms with Gasteiger partial charge in [-0.05, 0) is 19.4 Å². The maximum atomic E-state index is 6.40. The highest BCUT2D eigenvalue weighted by Gasteiger charge is 2.21. The largest absolute Gasteiger partial charge is 0.490 e. The van der Waals surface area contributed by atoms with Gasteiger partial charge in [0.1, 0.15) is 22.9 Å². The predicted octanol–water partition coefficient (Wildman–Crippen LogP) is 3.75. The Balaban J connectivity index is 1.56. The van der Waals surface area contributed by atoms with Crippen molar-refractivity contribution in [2.24, 2.45) is 14.1 Å². The van der Waals surface area contributed by atoms with Crippen molar-refractivity contribution in [3.05, 3.63) is 36.9 Å². The first-order valence-electron chi connectivity index (χ1n) is 11.6. The van der Waals surface area contributed by atoms with Crippen LogP contribution in [0.3, 0.4) is 0 Å². The van der Waals surface area contributed by atoms with Gasteiger partial charge in [0.25, 0.3) is 0 Å². The minimum Gasteiger partial charge on any atom is -0.490 e. The van der Waals surface area contributed by atoms with Gasteiger partial charge in [-0.2, -0.15) is 5.10 Å². The number of fused-ring (bicyclic) bond motifs is 6. The predicted molar refractivity (Wildman–Crippen MR) is 130 cm³/mol. The lowest BCUT2D eigenvalue weighted by Crippen LogP contribution is -2.17. The number of rotatable bonds is 4. The van der Waals surface area contributed by atoms with E-state index in [1.54, 1.807) is 34.0 Å². The lowest BCUT2D eigenvalue weighted by Gasteiger charge is -2.19. The van der Waals surface area contributed by atoms with Crippen molar-refractivity contribution < 1.29 is 14.2 Å². The molecule has 182 valence electrons. The second kappa shape index (κ2) is 9.61. The molecule has 5 rings (SSSR count). The average Bonchev–Trinajstić information content (AvgIpc) is 3.39. The fourth-order valence-electron chi connectivity index (χ4n) is 3.80. The third-order valence-electron chi connectivity index (χ3n) is 5.52. The second-order valence-electron chi connectivity index (χ2n) is 8.38. The Labute approximate surface area is 203 Å². The van der Waals surface area contributed by atoms with Gasteiger partial charge in [-0.3, -0.25) is 4.68 Å². The number of aryl methyl sites for hydroxylation is 2. The lowest BCUT2D eigenvalue weighted by molar-refractivity contribution is 0.173. The summed E-state index contributed by atoms with van der Waals surface area (Å²) < 4.78 is 21.8. The summed E-state index contributed by atoms with van der Waals surface area (Å²) in [7, 11) is 3.70. The summed E-state index contributed by atoms with van der Waals surface area (Å²) in [5.74, 6) is 3.53. The molecule has 0 radical (unpaired) electrons. The van der Waals surface area contributed by atoms with E-state index in [1.165, 1.54) is 0 Å². The topological polar surface area (TPSA) is 114 Å². The Hall–Kier alpha value is -4.15. The Morgan fingerprint density at radius 2 is 2.03 bits per heavy atom. The SMILES string of the molecule is CCCOc1nn(C)cc1-c1cnc2cc1O[C@@H](C)CCOc1c(cnn1C)-c1nccc(n1)N2. The molecule has 5 heterocycles. The number of anilines is 2. The molecule has 0 fully saturated rings. The number of aromatic nitrogens is 7. The fraction of sp³-hybridized carbons (Fsp3) is 0.375. The first kappa shape index (κ1) is 22.6. The Bertz CT molecular complexity index is 1330. The van der Waals surface area contributed by atoms with E-state index in [-0.39, 0.29) is 6.10 Å². The first-order valence-corrected chi connectivity index (χ1v) is 11.6. The van der Waals surface area contributed by atoms with Gasteiger partial charge in [0.2, 0.25) is 11.8 Å². The van der Waals surface area contributed by atoms with Gasteiger partial charge in [0.15, 0.2) is 5.82 Å². The highest BCUT2D eigenvalue weighted by Crippen LogP contribution is 2.38. The van der Waals surface area contributed by atoms with Crippen LogP contribution in [0.25, 0.3) is 22.5 Å². The number of ether oxygens (including phenoxy) is 3. The minimum atomic E-state index is -0.130. The quantitative estimate of drug-likeness (QED) is 0.470. The summed E-state index contributed by atoms with van der Waals surface area (Å²) in [6.07, 6.45) is 8.48. The molecule has 1 N–H and O–H groups in total. The average molecular weight is 477 g/mol. The zero-order valence-electron chi connectivity index (χ0n) is 20.2. The molecule has 11 nitrogen and oxygen atoms in total. The molecule has 0 aromatic carbocycles. The molecule has 0 spiro atoms. The first-order chi connectivity index (χ1) is 17.0. The summed E-state index contributed by atoms with van der Waals surface area (Å²) in [4.78, 5) is 13.7. The maximum Gasteiger partial charge on any atom is 0.240 e. The van der Waals surface area contributed by atoms with Crippen LogP contribution in [-0.2, 0) is 14.1 Å². The summed E-state index contributed by atoms with van der Waals surface area (Å²) >= 11 is 0. The molecule has 0 unspecified atom stereocenters. The Morgan fingerprint density at radius 3 is 2.89 bits per heavy atom. The molecule has 1 aliphatic heterocycles. The van der Waals surface area contributed by atoms with E-state index >= 15 is 0 Å². The molecule has 4 aromatic rings. The van der Waals surface area contributed by atoms with Gasteiger partial charge in [-0.1, -0.05) is 6.92 Å². The van der Waals surface area contributed by atoms with Crippen LogP contribution in [0.4, 0.5) is 11.6 Å². The van der Waals surface area contributed by atoms with E-state index in [9.17, 15) is 0 Å². The van der Waals surface area contributed by atoms with Gasteiger partial charge in [-0.15, -0.1) is 5.10 Å². The van der Waals surface area contributed by atoms with E-state index in [0.717, 1.165) is 23.1 Å². The van der Waals surface area contributed by atoms with Crippen molar-refractivity contribution in [1.82, 2.24) is 34.5 Å². The molecule has 0 aliphatic carbocycles. The van der Waals surface area contributed by atoms with Crippen molar-refractivity contribution >= 4 is 11.6 Å². The van der Waals surface area contributed by atoms with Gasteiger partial charge in [-0.25, -0.2) is 19.6 Å². The standard InChI is InChI=1S/C24H28N8O3/c1-5-9-33-23-18(14-31(3)30-23)16-12-26-21-11-19(16)35-15(2)7-10-34-24-17(13-27-32(24)4)22-25-8-6-20(28-21)29-22/h6,8,11-15H,5,7,9-10H2,1-4H3,(H,25,26,28,29)/t15-/m0/s1. The van der Waals surface area contributed by atoms with Crippen LogP contribution in [0.2, 0.25) is 0 Å². The number of hydrogen-bond acceptors (Lipinski definition) is 9. The maximum absolute atomic E-state index is 6.40. The van der Waals surface area contributed by atoms with Gasteiger partial charge < -0.3 is 19.5 Å². The smallest absolute Gasteiger partial charge is 0.240 e. The summed E-state index contributed by atoms with van der Waals surface area (Å²) in [6.45, 7) is 5.09. The third-order valence-corrected chi connectivity index (χ3v) is 5.52. The van der Waals surface area contributed by atoms with Crippen molar-refractivity contribution in [2.45, 2.75) is 32.8 Å². The van der Waals surface area contributed by atoms with Crippen LogP contribution in [0, 0.1) is 0 Å². The third kappa shape index (κ3) is 4.75. The number of nitrogens with zero attached hydrogens (tertiary/aromatic N) is 7. The van der Waals surface area contributed by atoms with Crippen LogP contribution in [0.15, 0.2) is 36.9 Å². The molecular formula is C24H28N8O3. The highest BCUT2D eigenvalue weighted by atomic mass is 16.5. The molecular weight excluding hydrogens is 448 g/mol. The Kier molecular flexibility index (Phi) is 6.21. The van der Waals surface area contributed by atoms with E-state index in [1.807, 2.05) is 33.3 Å². The molecule has 35 heavy (non-hydrogen) atoms. The monoisotopic (exact) mass is 476 g/mol. The minimum absolute atomic E-state index is 0.130. The molecule has 0 saturated carbocycles. The lowest BCUT2D eigenvalue weighted by atomic mass is 10.1. The second-order valence-corrected chi connectivity index (χ2v) is 8.38. The van der Waals surface area contributed by atoms with Crippen LogP contribution >= 0.6 is 0 Å². The zero-order valence-corrected chi connectivity index (χ0v) is 20.2. The van der Waals surface area contributed by atoms with Crippen LogP contribution < -0.4 is 19.5 Å². The van der Waals surface area contributed by atoms with E-state index < -0.39 is 0 Å². The number of pyridine rings is 1. The van der Waals surface area contributed by atoms with Crippen LogP contribution in [0.1, 0.15) is 26.7 Å². The van der Waals surface area contributed by atoms with E-state index in [4.69, 9.17) is 14.2 Å². The van der Waals surface area contributed by atoms with E-state index in [0.29, 0.717) is 54.6 Å². The molecule has 1 aliphatic rings. The fourth-order valence-corrected chi connectivity index (χ4v) is 3.80. The normalized spacial score (nSPS) is 15.3. The zero-order chi connectivity index (χ0) is 24.4. The molecule has 11 heteroatoms. The van der Waals surface area contributed by atoms with Gasteiger partial charge in [0, 0.05) is 50.7 Å². The van der Waals surface area contributed by atoms with Crippen molar-refractivity contribution in [3.8, 4) is 40.0 Å². The van der Waals surface area contributed by atoms with E-state index in [2.05, 4.69) is 37.4 Å². The highest BCUT2D eigenvalue weighted by molar-refractivity contribution is 5.75. The van der Waals surface area contributed by atoms with Crippen LogP contribution in [-0.4, -0.2) is 53.8 Å².